The van der Waals surface area contributed by atoms with E-state index in [1.54, 1.807) is 0 Å². The van der Waals surface area contributed by atoms with Crippen LogP contribution < -0.4 is 11.3 Å². The summed E-state index contributed by atoms with van der Waals surface area (Å²) in [7, 11) is 0. The fourth-order valence-electron chi connectivity index (χ4n) is 1.15. The van der Waals surface area contributed by atoms with Gasteiger partial charge >= 0.3 is 6.18 Å². The van der Waals surface area contributed by atoms with Gasteiger partial charge in [0.05, 0.1) is 10.0 Å². The molecule has 0 saturated heterocycles. The number of benzene rings is 1. The van der Waals surface area contributed by atoms with Gasteiger partial charge in [-0.05, 0) is 28.1 Å². The largest absolute Gasteiger partial charge is 0.409 e. The SMILES string of the molecule is NNC(c1c(F)ccc(Br)c1F)C(F)(F)F. The Kier molecular flexibility index (Phi) is 3.87. The van der Waals surface area contributed by atoms with Crippen molar-refractivity contribution in [2.45, 2.75) is 12.2 Å². The molecular formula is C8H6BrF5N2. The van der Waals surface area contributed by atoms with Gasteiger partial charge in [0, 0.05) is 0 Å². The molecule has 0 fully saturated rings. The van der Waals surface area contributed by atoms with Crippen molar-refractivity contribution in [3.8, 4) is 0 Å². The highest BCUT2D eigenvalue weighted by Crippen LogP contribution is 2.36. The standard InChI is InChI=1S/C8H6BrF5N2/c9-3-1-2-4(10)5(6(3)11)7(16-15)8(12,13)14/h1-2,7,16H,15H2. The van der Waals surface area contributed by atoms with Gasteiger partial charge in [-0.1, -0.05) is 0 Å². The molecule has 0 radical (unpaired) electrons. The summed E-state index contributed by atoms with van der Waals surface area (Å²) >= 11 is 2.67. The fraction of sp³-hybridized carbons (Fsp3) is 0.250. The molecule has 2 nitrogen and oxygen atoms in total. The Labute approximate surface area is 95.7 Å². The number of hydrogen-bond acceptors (Lipinski definition) is 2. The van der Waals surface area contributed by atoms with Crippen molar-refractivity contribution in [2.75, 3.05) is 0 Å². The van der Waals surface area contributed by atoms with Gasteiger partial charge < -0.3 is 0 Å². The molecule has 0 bridgehead atoms. The van der Waals surface area contributed by atoms with Crippen molar-refractivity contribution in [1.29, 1.82) is 0 Å². The van der Waals surface area contributed by atoms with Gasteiger partial charge in [0.15, 0.2) is 0 Å². The first-order valence-electron chi connectivity index (χ1n) is 3.95. The molecule has 1 unspecified atom stereocenters. The van der Waals surface area contributed by atoms with Crippen LogP contribution in [0.4, 0.5) is 22.0 Å². The van der Waals surface area contributed by atoms with Crippen LogP contribution in [-0.4, -0.2) is 6.18 Å². The second-order valence-electron chi connectivity index (χ2n) is 2.90. The first kappa shape index (κ1) is 13.3. The molecule has 0 aromatic heterocycles. The number of nitrogens with two attached hydrogens (primary N) is 1. The third kappa shape index (κ3) is 2.50. The van der Waals surface area contributed by atoms with Crippen LogP contribution in [0, 0.1) is 11.6 Å². The van der Waals surface area contributed by atoms with Crippen molar-refractivity contribution >= 4 is 15.9 Å². The van der Waals surface area contributed by atoms with Crippen LogP contribution in [0.25, 0.3) is 0 Å². The molecule has 0 aliphatic rings. The van der Waals surface area contributed by atoms with E-state index in [-0.39, 0.29) is 4.47 Å². The van der Waals surface area contributed by atoms with Gasteiger partial charge in [0.1, 0.15) is 17.7 Å². The zero-order valence-corrected chi connectivity index (χ0v) is 9.16. The Hall–Kier alpha value is -0.730. The van der Waals surface area contributed by atoms with E-state index in [2.05, 4.69) is 21.8 Å². The summed E-state index contributed by atoms with van der Waals surface area (Å²) in [5.41, 5.74) is 0.179. The topological polar surface area (TPSA) is 38.0 Å². The average Bonchev–Trinajstić information content (AvgIpc) is 2.16. The maximum absolute atomic E-state index is 13.3. The van der Waals surface area contributed by atoms with Gasteiger partial charge in [-0.25, -0.2) is 14.2 Å². The van der Waals surface area contributed by atoms with Gasteiger partial charge in [0.2, 0.25) is 0 Å². The summed E-state index contributed by atoms with van der Waals surface area (Å²) in [4.78, 5) is 0. The van der Waals surface area contributed by atoms with Crippen molar-refractivity contribution in [3.05, 3.63) is 33.8 Å². The molecule has 90 valence electrons. The predicted molar refractivity (Wildman–Crippen MR) is 50.2 cm³/mol. The first-order valence-corrected chi connectivity index (χ1v) is 4.74. The molecule has 1 aromatic carbocycles. The summed E-state index contributed by atoms with van der Waals surface area (Å²) in [5.74, 6) is 2.01. The fourth-order valence-corrected chi connectivity index (χ4v) is 1.49. The van der Waals surface area contributed by atoms with Crippen LogP contribution in [-0.2, 0) is 0 Å². The molecule has 0 amide bonds. The van der Waals surface area contributed by atoms with Crippen LogP contribution in [0.1, 0.15) is 11.6 Å². The zero-order valence-electron chi connectivity index (χ0n) is 7.58. The average molecular weight is 305 g/mol. The molecule has 8 heteroatoms. The molecule has 1 rings (SSSR count). The van der Waals surface area contributed by atoms with E-state index >= 15 is 0 Å². The number of halogens is 6. The lowest BCUT2D eigenvalue weighted by atomic mass is 10.1. The van der Waals surface area contributed by atoms with Crippen molar-refractivity contribution in [3.63, 3.8) is 0 Å². The smallest absolute Gasteiger partial charge is 0.271 e. The van der Waals surface area contributed by atoms with E-state index in [4.69, 9.17) is 0 Å². The van der Waals surface area contributed by atoms with Crippen molar-refractivity contribution < 1.29 is 22.0 Å². The second kappa shape index (κ2) is 4.64. The van der Waals surface area contributed by atoms with E-state index in [1.807, 2.05) is 0 Å². The molecule has 1 aromatic rings. The monoisotopic (exact) mass is 304 g/mol. The number of alkyl halides is 3. The van der Waals surface area contributed by atoms with Crippen LogP contribution >= 0.6 is 15.9 Å². The van der Waals surface area contributed by atoms with E-state index in [1.165, 1.54) is 5.43 Å². The molecular weight excluding hydrogens is 299 g/mol. The Morgan fingerprint density at radius 1 is 1.25 bits per heavy atom. The lowest BCUT2D eigenvalue weighted by Crippen LogP contribution is -2.39. The Morgan fingerprint density at radius 2 is 1.81 bits per heavy atom. The van der Waals surface area contributed by atoms with E-state index in [0.717, 1.165) is 12.1 Å². The van der Waals surface area contributed by atoms with Crippen LogP contribution in [0.5, 0.6) is 0 Å². The Bertz CT molecular complexity index is 393. The number of hydrazine groups is 1. The van der Waals surface area contributed by atoms with Crippen LogP contribution in [0.2, 0.25) is 0 Å². The molecule has 0 aliphatic heterocycles. The molecule has 3 N–H and O–H groups in total. The predicted octanol–water partition coefficient (Wildman–Crippen LogP) is 2.79. The molecule has 16 heavy (non-hydrogen) atoms. The molecule has 0 aliphatic carbocycles. The normalized spacial score (nSPS) is 13.9. The summed E-state index contributed by atoms with van der Waals surface area (Å²) in [6, 6.07) is -0.901. The number of hydrogen-bond donors (Lipinski definition) is 2. The van der Waals surface area contributed by atoms with E-state index in [0.29, 0.717) is 0 Å². The van der Waals surface area contributed by atoms with E-state index in [9.17, 15) is 22.0 Å². The minimum Gasteiger partial charge on any atom is -0.271 e. The van der Waals surface area contributed by atoms with Crippen LogP contribution in [0.15, 0.2) is 16.6 Å². The molecule has 0 saturated carbocycles. The quantitative estimate of drug-likeness (QED) is 0.382. The third-order valence-corrected chi connectivity index (χ3v) is 2.47. The maximum atomic E-state index is 13.3. The van der Waals surface area contributed by atoms with Crippen molar-refractivity contribution in [2.24, 2.45) is 5.84 Å². The summed E-state index contributed by atoms with van der Waals surface area (Å²) < 4.78 is 63.4. The summed E-state index contributed by atoms with van der Waals surface area (Å²) in [6.45, 7) is 0. The summed E-state index contributed by atoms with van der Waals surface area (Å²) in [6.07, 6.45) is -4.89. The lowest BCUT2D eigenvalue weighted by Gasteiger charge is -2.20. The number of nitrogens with one attached hydrogen (secondary N) is 1. The van der Waals surface area contributed by atoms with Gasteiger partial charge in [-0.2, -0.15) is 13.2 Å². The van der Waals surface area contributed by atoms with Gasteiger partial charge in [0.25, 0.3) is 0 Å². The molecule has 0 heterocycles. The highest BCUT2D eigenvalue weighted by atomic mass is 79.9. The van der Waals surface area contributed by atoms with Crippen molar-refractivity contribution in [1.82, 2.24) is 5.43 Å². The van der Waals surface area contributed by atoms with Gasteiger partial charge in [-0.3, -0.25) is 5.84 Å². The minimum absolute atomic E-state index is 0.270. The Morgan fingerprint density at radius 3 is 2.25 bits per heavy atom. The Balaban J connectivity index is 3.36. The van der Waals surface area contributed by atoms with Crippen LogP contribution in [0.3, 0.4) is 0 Å². The molecule has 0 spiro atoms. The lowest BCUT2D eigenvalue weighted by molar-refractivity contribution is -0.159. The summed E-state index contributed by atoms with van der Waals surface area (Å²) in [5, 5.41) is 0. The highest BCUT2D eigenvalue weighted by molar-refractivity contribution is 9.10. The molecule has 1 atom stereocenters. The minimum atomic E-state index is -4.89. The van der Waals surface area contributed by atoms with E-state index < -0.39 is 29.4 Å². The second-order valence-corrected chi connectivity index (χ2v) is 3.75. The van der Waals surface area contributed by atoms with Gasteiger partial charge in [-0.15, -0.1) is 0 Å². The third-order valence-electron chi connectivity index (χ3n) is 1.86. The first-order chi connectivity index (χ1) is 7.29. The highest BCUT2D eigenvalue weighted by Gasteiger charge is 2.43. The maximum Gasteiger partial charge on any atom is 0.409 e. The number of rotatable bonds is 2. The zero-order chi connectivity index (χ0) is 12.5.